The maximum atomic E-state index is 9.93. The fourth-order valence-electron chi connectivity index (χ4n) is 2.14. The van der Waals surface area contributed by atoms with Crippen LogP contribution < -0.4 is 5.32 Å². The number of hydrogen-bond acceptors (Lipinski definition) is 2. The van der Waals surface area contributed by atoms with Crippen LogP contribution in [0.2, 0.25) is 0 Å². The molecule has 1 aromatic rings. The number of nitrogens with one attached hydrogen (secondary N) is 1. The van der Waals surface area contributed by atoms with Gasteiger partial charge in [0.1, 0.15) is 0 Å². The van der Waals surface area contributed by atoms with Gasteiger partial charge in [0.15, 0.2) is 0 Å². The minimum absolute atomic E-state index is 0.258. The summed E-state index contributed by atoms with van der Waals surface area (Å²) in [5, 5.41) is 13.3. The molecule has 1 aromatic carbocycles. The smallest absolute Gasteiger partial charge is 0.0772 e. The first kappa shape index (κ1) is 9.69. The third kappa shape index (κ3) is 1.45. The van der Waals surface area contributed by atoms with Crippen LogP contribution in [0.3, 0.4) is 0 Å². The number of hydrogen-bond donors (Lipinski definition) is 2. The molecule has 2 N–H and O–H groups in total. The van der Waals surface area contributed by atoms with Crippen molar-refractivity contribution in [3.63, 3.8) is 0 Å². The van der Waals surface area contributed by atoms with Gasteiger partial charge in [0.2, 0.25) is 0 Å². The second kappa shape index (κ2) is 3.37. The highest BCUT2D eigenvalue weighted by molar-refractivity contribution is 5.30. The Kier molecular flexibility index (Phi) is 2.33. The zero-order chi connectivity index (χ0) is 10.2. The Balaban J connectivity index is 2.38. The van der Waals surface area contributed by atoms with Crippen LogP contribution in [0.15, 0.2) is 24.3 Å². The summed E-state index contributed by atoms with van der Waals surface area (Å²) in [5.74, 6) is 0. The summed E-state index contributed by atoms with van der Waals surface area (Å²) in [6.07, 6.45) is 0.564. The molecule has 0 aliphatic carbocycles. The fourth-order valence-corrected chi connectivity index (χ4v) is 2.14. The Morgan fingerprint density at radius 1 is 1.50 bits per heavy atom. The highest BCUT2D eigenvalue weighted by atomic mass is 16.3. The molecule has 1 saturated heterocycles. The predicted molar refractivity (Wildman–Crippen MR) is 57.2 cm³/mol. The lowest BCUT2D eigenvalue weighted by molar-refractivity contribution is 0.107. The Hall–Kier alpha value is -0.860. The van der Waals surface area contributed by atoms with Crippen LogP contribution >= 0.6 is 0 Å². The van der Waals surface area contributed by atoms with Crippen molar-refractivity contribution in [3.05, 3.63) is 35.4 Å². The molecule has 1 aliphatic heterocycles. The summed E-state index contributed by atoms with van der Waals surface area (Å²) in [6.45, 7) is 5.04. The predicted octanol–water partition coefficient (Wildman–Crippen LogP) is 1.56. The normalized spacial score (nSPS) is 32.1. The van der Waals surface area contributed by atoms with Crippen molar-refractivity contribution in [1.82, 2.24) is 5.32 Å². The Morgan fingerprint density at radius 3 is 2.86 bits per heavy atom. The number of benzene rings is 1. The number of aliphatic hydroxyl groups excluding tert-OH is 1. The molecule has 0 radical (unpaired) electrons. The monoisotopic (exact) mass is 191 g/mol. The zero-order valence-electron chi connectivity index (χ0n) is 8.75. The summed E-state index contributed by atoms with van der Waals surface area (Å²) >= 11 is 0. The van der Waals surface area contributed by atoms with Crippen molar-refractivity contribution in [1.29, 1.82) is 0 Å². The van der Waals surface area contributed by atoms with Crippen molar-refractivity contribution < 1.29 is 5.11 Å². The van der Waals surface area contributed by atoms with Gasteiger partial charge in [0.05, 0.1) is 11.6 Å². The second-order valence-corrected chi connectivity index (χ2v) is 4.30. The van der Waals surface area contributed by atoms with Gasteiger partial charge in [-0.05, 0) is 32.4 Å². The highest BCUT2D eigenvalue weighted by Gasteiger charge is 2.38. The van der Waals surface area contributed by atoms with Gasteiger partial charge in [0.25, 0.3) is 0 Å². The molecular weight excluding hydrogens is 174 g/mol. The Morgan fingerprint density at radius 2 is 2.29 bits per heavy atom. The van der Waals surface area contributed by atoms with Crippen molar-refractivity contribution in [2.24, 2.45) is 0 Å². The summed E-state index contributed by atoms with van der Waals surface area (Å²) in [7, 11) is 0. The second-order valence-electron chi connectivity index (χ2n) is 4.30. The van der Waals surface area contributed by atoms with Crippen LogP contribution in [0, 0.1) is 6.92 Å². The molecule has 1 heterocycles. The summed E-state index contributed by atoms with van der Waals surface area (Å²) in [5.41, 5.74) is 2.17. The van der Waals surface area contributed by atoms with E-state index < -0.39 is 0 Å². The van der Waals surface area contributed by atoms with Crippen LogP contribution in [0.5, 0.6) is 0 Å². The van der Waals surface area contributed by atoms with Crippen LogP contribution in [0.25, 0.3) is 0 Å². The molecule has 2 atom stereocenters. The van der Waals surface area contributed by atoms with Crippen LogP contribution in [-0.2, 0) is 5.54 Å². The lowest BCUT2D eigenvalue weighted by Crippen LogP contribution is -2.41. The molecule has 76 valence electrons. The minimum atomic E-state index is -0.274. The first-order valence-corrected chi connectivity index (χ1v) is 5.13. The van der Waals surface area contributed by atoms with Crippen LogP contribution in [-0.4, -0.2) is 17.8 Å². The van der Waals surface area contributed by atoms with Gasteiger partial charge in [-0.25, -0.2) is 0 Å². The molecule has 0 aromatic heterocycles. The maximum Gasteiger partial charge on any atom is 0.0772 e. The van der Waals surface area contributed by atoms with Crippen LogP contribution in [0.4, 0.5) is 0 Å². The van der Waals surface area contributed by atoms with Gasteiger partial charge in [-0.2, -0.15) is 0 Å². The quantitative estimate of drug-likeness (QED) is 0.706. The standard InChI is InChI=1S/C12H17NO/c1-9-4-3-5-10(8-9)12(2)11(14)6-7-13-12/h3-5,8,11,13-14H,6-7H2,1-2H3. The molecule has 0 bridgehead atoms. The van der Waals surface area contributed by atoms with E-state index in [1.165, 1.54) is 11.1 Å². The molecule has 14 heavy (non-hydrogen) atoms. The molecular formula is C12H17NO. The molecule has 2 heteroatoms. The lowest BCUT2D eigenvalue weighted by Gasteiger charge is -2.29. The minimum Gasteiger partial charge on any atom is -0.391 e. The van der Waals surface area contributed by atoms with Crippen molar-refractivity contribution in [3.8, 4) is 0 Å². The van der Waals surface area contributed by atoms with Crippen LogP contribution in [0.1, 0.15) is 24.5 Å². The van der Waals surface area contributed by atoms with Gasteiger partial charge < -0.3 is 10.4 Å². The molecule has 0 amide bonds. The average Bonchev–Trinajstić information content (AvgIpc) is 2.49. The highest BCUT2D eigenvalue weighted by Crippen LogP contribution is 2.30. The molecule has 1 fully saturated rings. The Bertz CT molecular complexity index is 337. The Labute approximate surface area is 85.0 Å². The van der Waals surface area contributed by atoms with E-state index in [0.717, 1.165) is 13.0 Å². The largest absolute Gasteiger partial charge is 0.391 e. The lowest BCUT2D eigenvalue weighted by atomic mass is 9.87. The fraction of sp³-hybridized carbons (Fsp3) is 0.500. The van der Waals surface area contributed by atoms with Crippen molar-refractivity contribution >= 4 is 0 Å². The third-order valence-corrected chi connectivity index (χ3v) is 3.19. The van der Waals surface area contributed by atoms with Gasteiger partial charge in [0, 0.05) is 0 Å². The van der Waals surface area contributed by atoms with Gasteiger partial charge in [-0.3, -0.25) is 0 Å². The summed E-state index contributed by atoms with van der Waals surface area (Å²) in [4.78, 5) is 0. The summed E-state index contributed by atoms with van der Waals surface area (Å²) in [6, 6.07) is 8.34. The van der Waals surface area contributed by atoms with E-state index in [2.05, 4.69) is 37.4 Å². The van der Waals surface area contributed by atoms with Gasteiger partial charge >= 0.3 is 0 Å². The molecule has 2 nitrogen and oxygen atoms in total. The van der Waals surface area contributed by atoms with E-state index in [1.54, 1.807) is 0 Å². The van der Waals surface area contributed by atoms with Crippen molar-refractivity contribution in [2.45, 2.75) is 31.9 Å². The molecule has 1 aliphatic rings. The number of aryl methyl sites for hydroxylation is 1. The average molecular weight is 191 g/mol. The third-order valence-electron chi connectivity index (χ3n) is 3.19. The first-order chi connectivity index (χ1) is 6.63. The zero-order valence-corrected chi connectivity index (χ0v) is 8.75. The molecule has 0 saturated carbocycles. The SMILES string of the molecule is Cc1cccc(C2(C)NCCC2O)c1. The van der Waals surface area contributed by atoms with E-state index in [0.29, 0.717) is 0 Å². The first-order valence-electron chi connectivity index (χ1n) is 5.13. The van der Waals surface area contributed by atoms with E-state index in [1.807, 2.05) is 6.07 Å². The molecule has 0 spiro atoms. The summed E-state index contributed by atoms with van der Waals surface area (Å²) < 4.78 is 0. The maximum absolute atomic E-state index is 9.93. The molecule has 2 rings (SSSR count). The number of rotatable bonds is 1. The van der Waals surface area contributed by atoms with E-state index in [9.17, 15) is 5.11 Å². The number of aliphatic hydroxyl groups is 1. The topological polar surface area (TPSA) is 32.3 Å². The van der Waals surface area contributed by atoms with E-state index in [-0.39, 0.29) is 11.6 Å². The van der Waals surface area contributed by atoms with Gasteiger partial charge in [-0.15, -0.1) is 0 Å². The van der Waals surface area contributed by atoms with E-state index >= 15 is 0 Å². The van der Waals surface area contributed by atoms with E-state index in [4.69, 9.17) is 0 Å². The molecule has 2 unspecified atom stereocenters. The van der Waals surface area contributed by atoms with Gasteiger partial charge in [-0.1, -0.05) is 29.8 Å². The van der Waals surface area contributed by atoms with Crippen molar-refractivity contribution in [2.75, 3.05) is 6.54 Å².